The van der Waals surface area contributed by atoms with Crippen molar-refractivity contribution >= 4 is 11.6 Å². The fourth-order valence-corrected chi connectivity index (χ4v) is 1.08. The van der Waals surface area contributed by atoms with E-state index in [1.54, 1.807) is 0 Å². The maximum absolute atomic E-state index is 11.5. The van der Waals surface area contributed by atoms with Gasteiger partial charge in [-0.1, -0.05) is 6.92 Å². The maximum Gasteiger partial charge on any atom is 0.287 e. The lowest BCUT2D eigenvalue weighted by Crippen LogP contribution is -2.36. The highest BCUT2D eigenvalue weighted by Gasteiger charge is 2.14. The topological polar surface area (TPSA) is 114 Å². The van der Waals surface area contributed by atoms with Crippen LogP contribution in [-0.2, 0) is 0 Å². The molecular weight excluding hydrogens is 212 g/mol. The molecule has 0 saturated heterocycles. The first-order valence-corrected chi connectivity index (χ1v) is 4.91. The number of hydrogen-bond acceptors (Lipinski definition) is 4. The molecule has 7 heteroatoms. The van der Waals surface area contributed by atoms with Gasteiger partial charge in [-0.2, -0.15) is 0 Å². The number of hydrogen-bond donors (Lipinski definition) is 3. The predicted octanol–water partition coefficient (Wildman–Crippen LogP) is 0.390. The molecule has 1 rings (SSSR count). The summed E-state index contributed by atoms with van der Waals surface area (Å²) >= 11 is 0. The molecule has 7 nitrogen and oxygen atoms in total. The molecule has 0 aliphatic carbocycles. The molecule has 0 spiro atoms. The largest absolute Gasteiger partial charge is 0.351 e. The molecule has 1 aromatic rings. The van der Waals surface area contributed by atoms with Crippen LogP contribution < -0.4 is 11.1 Å². The van der Waals surface area contributed by atoms with E-state index in [0.717, 1.165) is 6.42 Å². The molecule has 4 N–H and O–H groups in total. The lowest BCUT2D eigenvalue weighted by molar-refractivity contribution is -0.384. The van der Waals surface area contributed by atoms with Crippen molar-refractivity contribution < 1.29 is 9.72 Å². The first kappa shape index (κ1) is 12.2. The van der Waals surface area contributed by atoms with Crippen molar-refractivity contribution in [3.05, 3.63) is 28.1 Å². The number of H-pyrrole nitrogens is 1. The van der Waals surface area contributed by atoms with Crippen molar-refractivity contribution in [1.29, 1.82) is 0 Å². The molecule has 0 aromatic carbocycles. The summed E-state index contributed by atoms with van der Waals surface area (Å²) in [6.45, 7) is 2.26. The van der Waals surface area contributed by atoms with E-state index in [2.05, 4.69) is 10.3 Å². The number of carbonyl (C=O) groups is 1. The van der Waals surface area contributed by atoms with Crippen LogP contribution in [0.3, 0.4) is 0 Å². The van der Waals surface area contributed by atoms with E-state index in [-0.39, 0.29) is 17.4 Å². The van der Waals surface area contributed by atoms with Gasteiger partial charge < -0.3 is 16.0 Å². The molecule has 88 valence electrons. The summed E-state index contributed by atoms with van der Waals surface area (Å²) in [4.78, 5) is 23.8. The highest BCUT2D eigenvalue weighted by atomic mass is 16.6. The minimum absolute atomic E-state index is 0.103. The Morgan fingerprint density at radius 1 is 1.75 bits per heavy atom. The zero-order chi connectivity index (χ0) is 12.1. The smallest absolute Gasteiger partial charge is 0.287 e. The monoisotopic (exact) mass is 226 g/mol. The Morgan fingerprint density at radius 3 is 2.94 bits per heavy atom. The molecule has 1 amide bonds. The molecule has 1 heterocycles. The summed E-state index contributed by atoms with van der Waals surface area (Å²) in [6, 6.07) is 1.08. The second kappa shape index (κ2) is 5.26. The van der Waals surface area contributed by atoms with Gasteiger partial charge in [0.1, 0.15) is 5.69 Å². The average Bonchev–Trinajstić information content (AvgIpc) is 2.74. The lowest BCUT2D eigenvalue weighted by Gasteiger charge is -2.08. The van der Waals surface area contributed by atoms with Crippen LogP contribution in [0.2, 0.25) is 0 Å². The van der Waals surface area contributed by atoms with Crippen LogP contribution in [0, 0.1) is 10.1 Å². The van der Waals surface area contributed by atoms with Gasteiger partial charge in [-0.15, -0.1) is 0 Å². The number of nitrogens with zero attached hydrogens (tertiary/aromatic N) is 1. The zero-order valence-corrected chi connectivity index (χ0v) is 8.90. The van der Waals surface area contributed by atoms with Crippen molar-refractivity contribution in [3.63, 3.8) is 0 Å². The quantitative estimate of drug-likeness (QED) is 0.497. The second-order valence-electron chi connectivity index (χ2n) is 3.41. The van der Waals surface area contributed by atoms with Crippen molar-refractivity contribution in [2.24, 2.45) is 5.73 Å². The van der Waals surface area contributed by atoms with Crippen LogP contribution in [0.5, 0.6) is 0 Å². The Morgan fingerprint density at radius 2 is 2.44 bits per heavy atom. The highest BCUT2D eigenvalue weighted by molar-refractivity contribution is 5.93. The Balaban J connectivity index is 2.56. The number of rotatable bonds is 5. The summed E-state index contributed by atoms with van der Waals surface area (Å²) in [5.41, 5.74) is 5.65. The predicted molar refractivity (Wildman–Crippen MR) is 58.0 cm³/mol. The average molecular weight is 226 g/mol. The van der Waals surface area contributed by atoms with Crippen LogP contribution >= 0.6 is 0 Å². The minimum Gasteiger partial charge on any atom is -0.351 e. The van der Waals surface area contributed by atoms with E-state index in [1.807, 2.05) is 6.92 Å². The molecular formula is C9H14N4O3. The Kier molecular flexibility index (Phi) is 4.01. The van der Waals surface area contributed by atoms with Gasteiger partial charge in [0.15, 0.2) is 0 Å². The minimum atomic E-state index is -0.564. The Labute approximate surface area is 92.2 Å². The maximum atomic E-state index is 11.5. The van der Waals surface area contributed by atoms with E-state index in [4.69, 9.17) is 5.73 Å². The van der Waals surface area contributed by atoms with Gasteiger partial charge in [-0.25, -0.2) is 0 Å². The van der Waals surface area contributed by atoms with E-state index in [0.29, 0.717) is 6.54 Å². The number of aromatic amines is 1. The number of nitrogens with two attached hydrogens (primary N) is 1. The first-order chi connectivity index (χ1) is 7.54. The van der Waals surface area contributed by atoms with Gasteiger partial charge in [-0.05, 0) is 6.42 Å². The lowest BCUT2D eigenvalue weighted by atomic mass is 10.2. The van der Waals surface area contributed by atoms with E-state index < -0.39 is 10.8 Å². The van der Waals surface area contributed by atoms with Gasteiger partial charge in [0.05, 0.1) is 11.1 Å². The number of carbonyl (C=O) groups excluding carboxylic acids is 1. The van der Waals surface area contributed by atoms with Crippen molar-refractivity contribution in [2.45, 2.75) is 19.4 Å². The third-order valence-corrected chi connectivity index (χ3v) is 2.17. The summed E-state index contributed by atoms with van der Waals surface area (Å²) in [5.74, 6) is -0.392. The van der Waals surface area contributed by atoms with Gasteiger partial charge in [0.2, 0.25) is 0 Å². The van der Waals surface area contributed by atoms with Gasteiger partial charge >= 0.3 is 0 Å². The third kappa shape index (κ3) is 3.06. The van der Waals surface area contributed by atoms with Crippen LogP contribution in [-0.4, -0.2) is 28.4 Å². The normalized spacial score (nSPS) is 12.1. The fourth-order valence-electron chi connectivity index (χ4n) is 1.08. The standard InChI is InChI=1S/C9H14N4O3/c1-2-6(10)4-12-9(14)8-3-7(5-11-8)13(15)16/h3,5-6,11H,2,4,10H2,1H3,(H,12,14). The van der Waals surface area contributed by atoms with Crippen molar-refractivity contribution in [2.75, 3.05) is 6.54 Å². The third-order valence-electron chi connectivity index (χ3n) is 2.17. The molecule has 16 heavy (non-hydrogen) atoms. The second-order valence-corrected chi connectivity index (χ2v) is 3.41. The van der Waals surface area contributed by atoms with Crippen LogP contribution in [0.15, 0.2) is 12.3 Å². The fraction of sp³-hybridized carbons (Fsp3) is 0.444. The number of nitro groups is 1. The summed E-state index contributed by atoms with van der Waals surface area (Å²) in [5, 5.41) is 13.0. The number of aromatic nitrogens is 1. The van der Waals surface area contributed by atoms with Gasteiger partial charge in [-0.3, -0.25) is 14.9 Å². The van der Waals surface area contributed by atoms with Crippen LogP contribution in [0.4, 0.5) is 5.69 Å². The van der Waals surface area contributed by atoms with E-state index in [9.17, 15) is 14.9 Å². The Bertz CT molecular complexity index is 388. The molecule has 0 bridgehead atoms. The van der Waals surface area contributed by atoms with Crippen molar-refractivity contribution in [1.82, 2.24) is 10.3 Å². The number of nitrogens with one attached hydrogen (secondary N) is 2. The number of amides is 1. The molecule has 1 aromatic heterocycles. The Hall–Kier alpha value is -1.89. The van der Waals surface area contributed by atoms with E-state index in [1.165, 1.54) is 12.3 Å². The molecule has 0 fully saturated rings. The summed E-state index contributed by atoms with van der Waals surface area (Å²) in [6.07, 6.45) is 1.93. The highest BCUT2D eigenvalue weighted by Crippen LogP contribution is 2.11. The molecule has 1 atom stereocenters. The zero-order valence-electron chi connectivity index (χ0n) is 8.90. The molecule has 0 saturated carbocycles. The van der Waals surface area contributed by atoms with Crippen LogP contribution in [0.25, 0.3) is 0 Å². The molecule has 0 radical (unpaired) electrons. The molecule has 0 aliphatic rings. The molecule has 1 unspecified atom stereocenters. The summed E-state index contributed by atoms with van der Waals surface area (Å²) < 4.78 is 0. The van der Waals surface area contributed by atoms with Gasteiger partial charge in [0, 0.05) is 18.7 Å². The molecule has 0 aliphatic heterocycles. The van der Waals surface area contributed by atoms with E-state index >= 15 is 0 Å². The summed E-state index contributed by atoms with van der Waals surface area (Å²) in [7, 11) is 0. The SMILES string of the molecule is CCC(N)CNC(=O)c1cc([N+](=O)[O-])c[nH]1. The van der Waals surface area contributed by atoms with Crippen LogP contribution in [0.1, 0.15) is 23.8 Å². The van der Waals surface area contributed by atoms with Gasteiger partial charge in [0.25, 0.3) is 11.6 Å². The first-order valence-electron chi connectivity index (χ1n) is 4.91. The van der Waals surface area contributed by atoms with Crippen molar-refractivity contribution in [3.8, 4) is 0 Å².